The summed E-state index contributed by atoms with van der Waals surface area (Å²) in [5.74, 6) is -29.6. The third-order valence-corrected chi connectivity index (χ3v) is 5.02. The van der Waals surface area contributed by atoms with E-state index in [2.05, 4.69) is 9.47 Å². The van der Waals surface area contributed by atoms with Crippen LogP contribution in [0.2, 0.25) is 0 Å². The van der Waals surface area contributed by atoms with Crippen LogP contribution in [0.25, 0.3) is 0 Å². The predicted octanol–water partition coefficient (Wildman–Crippen LogP) is 4.17. The van der Waals surface area contributed by atoms with Crippen molar-refractivity contribution in [1.29, 1.82) is 0 Å². The van der Waals surface area contributed by atoms with E-state index in [4.69, 9.17) is 4.55 Å². The maximum atomic E-state index is 13.1. The Kier molecular flexibility index (Phi) is 10.1. The van der Waals surface area contributed by atoms with Crippen molar-refractivity contribution >= 4 is 22.1 Å². The van der Waals surface area contributed by atoms with Gasteiger partial charge in [0.1, 0.15) is 0 Å². The van der Waals surface area contributed by atoms with Crippen LogP contribution in [0, 0.1) is 0 Å². The summed E-state index contributed by atoms with van der Waals surface area (Å²) in [5, 5.41) is -3.18. The van der Waals surface area contributed by atoms with E-state index in [1.807, 2.05) is 0 Å². The zero-order chi connectivity index (χ0) is 29.2. The zero-order valence-electron chi connectivity index (χ0n) is 16.7. The van der Waals surface area contributed by atoms with E-state index >= 15 is 0 Å². The lowest BCUT2D eigenvalue weighted by molar-refractivity contribution is -0.356. The molecule has 1 atom stereocenters. The van der Waals surface area contributed by atoms with E-state index < -0.39 is 95.8 Å². The Balaban J connectivity index is 5.16. The fourth-order valence-corrected chi connectivity index (χ4v) is 2.57. The number of halogens is 14. The third kappa shape index (κ3) is 7.93. The molecule has 0 aliphatic rings. The summed E-state index contributed by atoms with van der Waals surface area (Å²) in [6.45, 7) is -3.99. The van der Waals surface area contributed by atoms with Crippen LogP contribution in [0.5, 0.6) is 0 Å². The van der Waals surface area contributed by atoms with Crippen LogP contribution < -0.4 is 0 Å². The Morgan fingerprint density at radius 2 is 1.00 bits per heavy atom. The fourth-order valence-electron chi connectivity index (χ4n) is 1.92. The van der Waals surface area contributed by atoms with Crippen LogP contribution in [-0.2, 0) is 29.2 Å². The van der Waals surface area contributed by atoms with Gasteiger partial charge in [-0.25, -0.2) is 0 Å². The van der Waals surface area contributed by atoms with Crippen molar-refractivity contribution in [2.75, 3.05) is 13.2 Å². The molecule has 0 rings (SSSR count). The first-order chi connectivity index (χ1) is 15.6. The van der Waals surface area contributed by atoms with Gasteiger partial charge in [0.05, 0.1) is 32.5 Å². The van der Waals surface area contributed by atoms with Gasteiger partial charge in [0.2, 0.25) is 0 Å². The Morgan fingerprint density at radius 1 is 0.667 bits per heavy atom. The van der Waals surface area contributed by atoms with Crippen molar-refractivity contribution in [2.45, 2.75) is 60.6 Å². The van der Waals surface area contributed by atoms with E-state index in [-0.39, 0.29) is 0 Å². The molecule has 0 spiro atoms. The summed E-state index contributed by atoms with van der Waals surface area (Å²) in [6.07, 6.45) is -20.5. The second-order valence-corrected chi connectivity index (χ2v) is 8.25. The summed E-state index contributed by atoms with van der Waals surface area (Å²) in [4.78, 5) is 23.0. The molecule has 0 aromatic carbocycles. The molecule has 0 aromatic rings. The van der Waals surface area contributed by atoms with Crippen molar-refractivity contribution in [3.63, 3.8) is 0 Å². The highest BCUT2D eigenvalue weighted by Gasteiger charge is 2.73. The molecule has 1 unspecified atom stereocenters. The molecule has 0 saturated carbocycles. The van der Waals surface area contributed by atoms with Crippen LogP contribution in [0.4, 0.5) is 61.5 Å². The van der Waals surface area contributed by atoms with Crippen molar-refractivity contribution < 1.29 is 93.5 Å². The molecule has 0 aliphatic heterocycles. The standard InChI is InChI=1S/C14H12F14O7S/c15-9(16,11(19,20)13(23,24)25)1-3-34-7(29)5-6(36(31,32)33)8(30)35-4-2-10(17,18)12(21,22)14(26,27)28/h6H,1-5H2,(H,31,32,33). The maximum absolute atomic E-state index is 13.1. The molecule has 0 amide bonds. The molecule has 0 saturated heterocycles. The van der Waals surface area contributed by atoms with Crippen molar-refractivity contribution in [3.05, 3.63) is 0 Å². The average Bonchev–Trinajstić information content (AvgIpc) is 2.62. The van der Waals surface area contributed by atoms with E-state index in [0.717, 1.165) is 0 Å². The quantitative estimate of drug-likeness (QED) is 0.207. The fraction of sp³-hybridized carbons (Fsp3) is 0.857. The largest absolute Gasteiger partial charge is 0.465 e. The lowest BCUT2D eigenvalue weighted by atomic mass is 10.1. The minimum atomic E-state index is -6.76. The summed E-state index contributed by atoms with van der Waals surface area (Å²) < 4.78 is 214. The summed E-state index contributed by atoms with van der Waals surface area (Å²) >= 11 is 0. The van der Waals surface area contributed by atoms with Gasteiger partial charge in [0.25, 0.3) is 10.1 Å². The molecular formula is C14H12F14O7S. The minimum Gasteiger partial charge on any atom is -0.465 e. The van der Waals surface area contributed by atoms with Gasteiger partial charge in [-0.15, -0.1) is 0 Å². The van der Waals surface area contributed by atoms with Gasteiger partial charge in [-0.1, -0.05) is 0 Å². The van der Waals surface area contributed by atoms with Crippen LogP contribution in [0.3, 0.4) is 0 Å². The molecule has 7 nitrogen and oxygen atoms in total. The number of carbonyl (C=O) groups is 2. The monoisotopic (exact) mass is 590 g/mol. The highest BCUT2D eigenvalue weighted by Crippen LogP contribution is 2.49. The predicted molar refractivity (Wildman–Crippen MR) is 83.0 cm³/mol. The van der Waals surface area contributed by atoms with Gasteiger partial charge in [-0.05, 0) is 0 Å². The second kappa shape index (κ2) is 10.7. The molecule has 0 heterocycles. The third-order valence-electron chi connectivity index (χ3n) is 3.94. The van der Waals surface area contributed by atoms with E-state index in [9.17, 15) is 79.5 Å². The first-order valence-corrected chi connectivity index (χ1v) is 10.1. The Bertz CT molecular complexity index is 895. The summed E-state index contributed by atoms with van der Waals surface area (Å²) in [5.41, 5.74) is 0. The zero-order valence-corrected chi connectivity index (χ0v) is 17.5. The second-order valence-electron chi connectivity index (χ2n) is 6.65. The Morgan fingerprint density at radius 3 is 1.31 bits per heavy atom. The van der Waals surface area contributed by atoms with Crippen LogP contribution in [-0.4, -0.2) is 79.4 Å². The normalized spacial score (nSPS) is 15.4. The molecular weight excluding hydrogens is 578 g/mol. The van der Waals surface area contributed by atoms with Gasteiger partial charge in [-0.3, -0.25) is 14.1 Å². The highest BCUT2D eigenvalue weighted by molar-refractivity contribution is 7.87. The Hall–Kier alpha value is -2.13. The smallest absolute Gasteiger partial charge is 0.459 e. The minimum absolute atomic E-state index is 1.94. The highest BCUT2D eigenvalue weighted by atomic mass is 32.2. The summed E-state index contributed by atoms with van der Waals surface area (Å²) in [6, 6.07) is 0. The van der Waals surface area contributed by atoms with Crippen molar-refractivity contribution in [2.24, 2.45) is 0 Å². The molecule has 0 radical (unpaired) electrons. The summed E-state index contributed by atoms with van der Waals surface area (Å²) in [7, 11) is -5.78. The number of rotatable bonds is 12. The van der Waals surface area contributed by atoms with Crippen molar-refractivity contribution in [3.8, 4) is 0 Å². The first-order valence-electron chi connectivity index (χ1n) is 8.55. The number of hydrogen-bond acceptors (Lipinski definition) is 6. The first kappa shape index (κ1) is 33.9. The number of ether oxygens (including phenoxy) is 2. The van der Waals surface area contributed by atoms with E-state index in [1.165, 1.54) is 0 Å². The van der Waals surface area contributed by atoms with Gasteiger partial charge < -0.3 is 9.47 Å². The molecule has 0 aliphatic carbocycles. The van der Waals surface area contributed by atoms with E-state index in [1.54, 1.807) is 0 Å². The van der Waals surface area contributed by atoms with Gasteiger partial charge in [-0.2, -0.15) is 69.9 Å². The van der Waals surface area contributed by atoms with E-state index in [0.29, 0.717) is 0 Å². The molecule has 214 valence electrons. The molecule has 22 heteroatoms. The number of carbonyl (C=O) groups excluding carboxylic acids is 2. The van der Waals surface area contributed by atoms with Crippen molar-refractivity contribution in [1.82, 2.24) is 0 Å². The maximum Gasteiger partial charge on any atom is 0.459 e. The van der Waals surface area contributed by atoms with Crippen LogP contribution in [0.1, 0.15) is 19.3 Å². The van der Waals surface area contributed by atoms with Crippen LogP contribution >= 0.6 is 0 Å². The van der Waals surface area contributed by atoms with Gasteiger partial charge in [0.15, 0.2) is 5.25 Å². The molecule has 1 N–H and O–H groups in total. The Labute approximate surface area is 190 Å². The average molecular weight is 590 g/mol. The topological polar surface area (TPSA) is 107 Å². The van der Waals surface area contributed by atoms with Gasteiger partial charge in [0, 0.05) is 0 Å². The number of hydrogen-bond donors (Lipinski definition) is 1. The number of alkyl halides is 14. The number of esters is 2. The molecule has 0 aromatic heterocycles. The SMILES string of the molecule is O=C(CC(C(=O)OCCC(F)(F)C(F)(F)C(F)(F)F)S(=O)(=O)O)OCCC(F)(F)C(F)(F)C(F)(F)F. The van der Waals surface area contributed by atoms with Gasteiger partial charge >= 0.3 is 48.0 Å². The molecule has 36 heavy (non-hydrogen) atoms. The molecule has 0 fully saturated rings. The lowest BCUT2D eigenvalue weighted by Crippen LogP contribution is -2.52. The lowest BCUT2D eigenvalue weighted by Gasteiger charge is -2.28. The van der Waals surface area contributed by atoms with Crippen LogP contribution in [0.15, 0.2) is 0 Å². The molecule has 0 bridgehead atoms.